The number of sulfonamides is 1. The third-order valence-electron chi connectivity index (χ3n) is 5.40. The second kappa shape index (κ2) is 12.4. The molecule has 7 nitrogen and oxygen atoms in total. The molecule has 1 atom stereocenters. The molecule has 0 unspecified atom stereocenters. The maximum absolute atomic E-state index is 12.5. The summed E-state index contributed by atoms with van der Waals surface area (Å²) in [6.07, 6.45) is 1.19. The first-order valence-corrected chi connectivity index (χ1v) is 14.5. The molecular weight excluding hydrogens is 494 g/mol. The second-order valence-corrected chi connectivity index (χ2v) is 12.3. The monoisotopic (exact) mass is 527 g/mol. The van der Waals surface area contributed by atoms with Gasteiger partial charge in [0.1, 0.15) is 0 Å². The Hall–Kier alpha value is -2.85. The third kappa shape index (κ3) is 8.37. The summed E-state index contributed by atoms with van der Waals surface area (Å²) in [5.41, 5.74) is 10.6. The molecule has 192 valence electrons. The van der Waals surface area contributed by atoms with Crippen molar-refractivity contribution in [3.8, 4) is 11.1 Å². The summed E-state index contributed by atoms with van der Waals surface area (Å²) >= 11 is 1.52. The van der Waals surface area contributed by atoms with E-state index in [2.05, 4.69) is 22.2 Å². The summed E-state index contributed by atoms with van der Waals surface area (Å²) in [6.45, 7) is 5.22. The maximum Gasteiger partial charge on any atom is 0.265 e. The highest BCUT2D eigenvalue weighted by molar-refractivity contribution is 8.00. The zero-order valence-electron chi connectivity index (χ0n) is 20.7. The number of carbonyl (C=O) groups is 1. The zero-order chi connectivity index (χ0) is 26.3. The summed E-state index contributed by atoms with van der Waals surface area (Å²) in [6, 6.07) is 20.8. The van der Waals surface area contributed by atoms with Crippen LogP contribution in [0.1, 0.15) is 41.4 Å². The number of aliphatic hydroxyl groups is 1. The largest absolute Gasteiger partial charge is 0.399 e. The molecule has 0 fully saturated rings. The zero-order valence-corrected chi connectivity index (χ0v) is 22.3. The molecular formula is C27H33N3O4S2. The lowest BCUT2D eigenvalue weighted by molar-refractivity contribution is 0.0979. The van der Waals surface area contributed by atoms with Gasteiger partial charge in [0.15, 0.2) is 0 Å². The van der Waals surface area contributed by atoms with Gasteiger partial charge in [0.25, 0.3) is 5.91 Å². The van der Waals surface area contributed by atoms with Gasteiger partial charge in [-0.2, -0.15) is 0 Å². The van der Waals surface area contributed by atoms with Crippen molar-refractivity contribution in [1.82, 2.24) is 10.0 Å². The lowest BCUT2D eigenvalue weighted by atomic mass is 10.0. The van der Waals surface area contributed by atoms with Crippen LogP contribution in [0.3, 0.4) is 0 Å². The Bertz CT molecular complexity index is 1280. The fourth-order valence-corrected chi connectivity index (χ4v) is 5.07. The predicted molar refractivity (Wildman–Crippen MR) is 148 cm³/mol. The molecule has 0 aromatic heterocycles. The molecule has 0 spiro atoms. The molecule has 0 aliphatic rings. The van der Waals surface area contributed by atoms with E-state index in [0.717, 1.165) is 46.4 Å². The lowest BCUT2D eigenvalue weighted by Crippen LogP contribution is -2.29. The Morgan fingerprint density at radius 1 is 1.00 bits per heavy atom. The van der Waals surface area contributed by atoms with Crippen LogP contribution in [-0.4, -0.2) is 44.0 Å². The van der Waals surface area contributed by atoms with E-state index >= 15 is 0 Å². The highest BCUT2D eigenvalue weighted by Gasteiger charge is 2.17. The van der Waals surface area contributed by atoms with E-state index in [1.807, 2.05) is 50.2 Å². The number of nitrogens with one attached hydrogen (secondary N) is 2. The van der Waals surface area contributed by atoms with Gasteiger partial charge >= 0.3 is 0 Å². The highest BCUT2D eigenvalue weighted by atomic mass is 32.2. The fraction of sp³-hybridized carbons (Fsp3) is 0.296. The van der Waals surface area contributed by atoms with Crippen molar-refractivity contribution in [3.05, 3.63) is 83.4 Å². The first-order valence-electron chi connectivity index (χ1n) is 11.7. The molecule has 0 saturated carbocycles. The van der Waals surface area contributed by atoms with Crippen LogP contribution in [0.25, 0.3) is 11.1 Å². The second-order valence-electron chi connectivity index (χ2n) is 8.91. The molecule has 3 aromatic carbocycles. The van der Waals surface area contributed by atoms with Gasteiger partial charge in [0, 0.05) is 22.4 Å². The lowest BCUT2D eigenvalue weighted by Gasteiger charge is -2.14. The van der Waals surface area contributed by atoms with Gasteiger partial charge < -0.3 is 16.2 Å². The molecule has 0 saturated heterocycles. The number of thioether (sulfide) groups is 1. The molecule has 0 bridgehead atoms. The molecule has 1 amide bonds. The van der Waals surface area contributed by atoms with Gasteiger partial charge in [-0.3, -0.25) is 4.79 Å². The summed E-state index contributed by atoms with van der Waals surface area (Å²) in [5, 5.41) is 13.8. The van der Waals surface area contributed by atoms with E-state index in [1.54, 1.807) is 18.2 Å². The van der Waals surface area contributed by atoms with Crippen molar-refractivity contribution in [3.63, 3.8) is 0 Å². The SMILES string of the molecule is CC(C)Sc1cc(-c2ccc(CCNC[C@H](O)c3ccc(N)cc3)cc2)ccc1C(=O)NS(C)(=O)=O. The molecule has 0 aliphatic heterocycles. The molecule has 3 rings (SSSR count). The van der Waals surface area contributed by atoms with Crippen molar-refractivity contribution in [2.24, 2.45) is 0 Å². The van der Waals surface area contributed by atoms with Crippen molar-refractivity contribution < 1.29 is 18.3 Å². The Morgan fingerprint density at radius 3 is 2.25 bits per heavy atom. The summed E-state index contributed by atoms with van der Waals surface area (Å²) in [7, 11) is -3.65. The number of hydrogen-bond acceptors (Lipinski definition) is 7. The minimum atomic E-state index is -3.65. The van der Waals surface area contributed by atoms with Gasteiger partial charge in [0.2, 0.25) is 10.0 Å². The Balaban J connectivity index is 1.62. The van der Waals surface area contributed by atoms with E-state index in [1.165, 1.54) is 11.8 Å². The molecule has 3 aromatic rings. The van der Waals surface area contributed by atoms with E-state index in [9.17, 15) is 18.3 Å². The Morgan fingerprint density at radius 2 is 1.64 bits per heavy atom. The van der Waals surface area contributed by atoms with Crippen LogP contribution in [0.5, 0.6) is 0 Å². The summed E-state index contributed by atoms with van der Waals surface area (Å²) in [4.78, 5) is 13.2. The highest BCUT2D eigenvalue weighted by Crippen LogP contribution is 2.32. The van der Waals surface area contributed by atoms with Gasteiger partial charge in [-0.1, -0.05) is 56.3 Å². The van der Waals surface area contributed by atoms with Crippen molar-refractivity contribution in [2.75, 3.05) is 25.1 Å². The number of amides is 1. The van der Waals surface area contributed by atoms with E-state index < -0.39 is 22.0 Å². The number of benzene rings is 3. The van der Waals surface area contributed by atoms with E-state index in [-0.39, 0.29) is 5.25 Å². The van der Waals surface area contributed by atoms with Crippen molar-refractivity contribution >= 4 is 33.4 Å². The Kier molecular flexibility index (Phi) is 9.56. The first-order chi connectivity index (χ1) is 17.0. The van der Waals surface area contributed by atoms with Gasteiger partial charge in [-0.15, -0.1) is 11.8 Å². The third-order valence-corrected chi connectivity index (χ3v) is 7.02. The number of hydrogen-bond donors (Lipinski definition) is 4. The topological polar surface area (TPSA) is 122 Å². The van der Waals surface area contributed by atoms with Crippen molar-refractivity contribution in [2.45, 2.75) is 36.5 Å². The van der Waals surface area contributed by atoms with Crippen LogP contribution in [0.2, 0.25) is 0 Å². The smallest absolute Gasteiger partial charge is 0.265 e. The van der Waals surface area contributed by atoms with Crippen LogP contribution in [0.15, 0.2) is 71.6 Å². The Labute approximate surface area is 217 Å². The van der Waals surface area contributed by atoms with Gasteiger partial charge in [-0.05, 0) is 59.5 Å². The molecule has 36 heavy (non-hydrogen) atoms. The number of nitrogens with two attached hydrogens (primary N) is 1. The van der Waals surface area contributed by atoms with Crippen LogP contribution >= 0.6 is 11.8 Å². The molecule has 9 heteroatoms. The predicted octanol–water partition coefficient (Wildman–Crippen LogP) is 3.99. The summed E-state index contributed by atoms with van der Waals surface area (Å²) in [5.74, 6) is -0.628. The molecule has 5 N–H and O–H groups in total. The quantitative estimate of drug-likeness (QED) is 0.169. The fourth-order valence-electron chi connectivity index (χ4n) is 3.64. The van der Waals surface area contributed by atoms with Crippen LogP contribution in [0.4, 0.5) is 5.69 Å². The van der Waals surface area contributed by atoms with Crippen LogP contribution in [-0.2, 0) is 16.4 Å². The maximum atomic E-state index is 12.5. The van der Waals surface area contributed by atoms with Crippen LogP contribution in [0, 0.1) is 0 Å². The minimum Gasteiger partial charge on any atom is -0.399 e. The van der Waals surface area contributed by atoms with Crippen LogP contribution < -0.4 is 15.8 Å². The van der Waals surface area contributed by atoms with Crippen molar-refractivity contribution in [1.29, 1.82) is 0 Å². The molecule has 0 heterocycles. The van der Waals surface area contributed by atoms with E-state index in [0.29, 0.717) is 17.8 Å². The number of aliphatic hydroxyl groups excluding tert-OH is 1. The van der Waals surface area contributed by atoms with Gasteiger partial charge in [-0.25, -0.2) is 13.1 Å². The standard InChI is InChI=1S/C27H33N3O4S2/c1-18(2)35-26-16-22(10-13-24(26)27(32)30-36(3,33)34)20-6-4-19(5-7-20)14-15-29-17-25(31)21-8-11-23(28)12-9-21/h4-13,16,18,25,29,31H,14-15,17,28H2,1-3H3,(H,30,32)/t25-/m0/s1. The summed E-state index contributed by atoms with van der Waals surface area (Å²) < 4.78 is 25.1. The normalized spacial score (nSPS) is 12.5. The van der Waals surface area contributed by atoms with E-state index in [4.69, 9.17) is 5.73 Å². The molecule has 0 radical (unpaired) electrons. The minimum absolute atomic E-state index is 0.221. The number of rotatable bonds is 11. The first kappa shape index (κ1) is 27.7. The molecule has 0 aliphatic carbocycles. The number of nitrogen functional groups attached to an aromatic ring is 1. The number of anilines is 1. The number of carbonyl (C=O) groups excluding carboxylic acids is 1. The average molecular weight is 528 g/mol. The van der Waals surface area contributed by atoms with Gasteiger partial charge in [0.05, 0.1) is 17.9 Å². The average Bonchev–Trinajstić information content (AvgIpc) is 2.81.